The summed E-state index contributed by atoms with van der Waals surface area (Å²) >= 11 is 0. The van der Waals surface area contributed by atoms with Crippen LogP contribution in [0.15, 0.2) is 84.9 Å². The second kappa shape index (κ2) is 16.1. The quantitative estimate of drug-likeness (QED) is 0.260. The van der Waals surface area contributed by atoms with Crippen LogP contribution in [0, 0.1) is 0 Å². The van der Waals surface area contributed by atoms with Crippen LogP contribution in [0.2, 0.25) is 0 Å². The van der Waals surface area contributed by atoms with Crippen molar-refractivity contribution >= 4 is 19.2 Å². The van der Waals surface area contributed by atoms with Gasteiger partial charge in [0.25, 0.3) is 0 Å². The van der Waals surface area contributed by atoms with Crippen LogP contribution in [-0.2, 0) is 26.7 Å². The van der Waals surface area contributed by atoms with Crippen LogP contribution in [0.1, 0.15) is 49.4 Å². The first-order valence-corrected chi connectivity index (χ1v) is 13.9. The predicted octanol–water partition coefficient (Wildman–Crippen LogP) is 4.72. The van der Waals surface area contributed by atoms with E-state index in [1.54, 1.807) is 38.2 Å². The van der Waals surface area contributed by atoms with Crippen LogP contribution in [0.5, 0.6) is 0 Å². The molecule has 38 heavy (non-hydrogen) atoms. The van der Waals surface area contributed by atoms with Crippen LogP contribution in [0.25, 0.3) is 0 Å². The van der Waals surface area contributed by atoms with Gasteiger partial charge < -0.3 is 20.4 Å². The van der Waals surface area contributed by atoms with Crippen LogP contribution < -0.4 is 10.6 Å². The second-order valence-electron chi connectivity index (χ2n) is 8.97. The molecule has 0 saturated carbocycles. The summed E-state index contributed by atoms with van der Waals surface area (Å²) in [6.45, 7) is 3.17. The van der Waals surface area contributed by atoms with E-state index in [4.69, 9.17) is 9.79 Å². The fourth-order valence-corrected chi connectivity index (χ4v) is 4.89. The van der Waals surface area contributed by atoms with Gasteiger partial charge in [-0.2, -0.15) is 0 Å². The lowest BCUT2D eigenvalue weighted by atomic mass is 9.83. The van der Waals surface area contributed by atoms with Crippen molar-refractivity contribution in [2.45, 2.75) is 51.9 Å². The molecule has 0 bridgehead atoms. The van der Waals surface area contributed by atoms with Gasteiger partial charge in [0.2, 0.25) is 0 Å². The molecule has 0 aromatic heterocycles. The van der Waals surface area contributed by atoms with E-state index in [0.29, 0.717) is 12.0 Å². The zero-order chi connectivity index (χ0) is 27.4. The maximum atomic E-state index is 11.9. The number of carbonyl (C=O) groups is 2. The largest absolute Gasteiger partial charge is 0.329 e. The van der Waals surface area contributed by atoms with E-state index in [1.165, 1.54) is 6.92 Å². The summed E-state index contributed by atoms with van der Waals surface area (Å²) in [4.78, 5) is 40.9. The highest BCUT2D eigenvalue weighted by Crippen LogP contribution is 2.38. The Morgan fingerprint density at radius 3 is 1.53 bits per heavy atom. The summed E-state index contributed by atoms with van der Waals surface area (Å²) in [6, 6.07) is 26.8. The van der Waals surface area contributed by atoms with Crippen molar-refractivity contribution in [2.75, 3.05) is 14.1 Å². The molecule has 7 nitrogen and oxygen atoms in total. The summed E-state index contributed by atoms with van der Waals surface area (Å²) in [7, 11) is -0.450. The average Bonchev–Trinajstić information content (AvgIpc) is 2.87. The zero-order valence-electron chi connectivity index (χ0n) is 21.8. The summed E-state index contributed by atoms with van der Waals surface area (Å²) in [6.07, 6.45) is 0.317. The Balaban J connectivity index is 0.000000371. The molecule has 0 fully saturated rings. The van der Waals surface area contributed by atoms with Gasteiger partial charge in [-0.25, -0.2) is 0 Å². The van der Waals surface area contributed by atoms with Crippen molar-refractivity contribution in [2.24, 2.45) is 0 Å². The highest BCUT2D eigenvalue weighted by Gasteiger charge is 2.26. The van der Waals surface area contributed by atoms with Crippen molar-refractivity contribution in [3.05, 3.63) is 107 Å². The van der Waals surface area contributed by atoms with Gasteiger partial charge in [0, 0.05) is 5.92 Å². The van der Waals surface area contributed by atoms with E-state index < -0.39 is 7.60 Å². The van der Waals surface area contributed by atoms with Crippen LogP contribution >= 0.6 is 7.60 Å². The van der Waals surface area contributed by atoms with Gasteiger partial charge in [0.15, 0.2) is 0 Å². The Morgan fingerprint density at radius 2 is 1.18 bits per heavy atom. The number of hydrogen-bond acceptors (Lipinski definition) is 5. The first-order valence-electron chi connectivity index (χ1n) is 12.1. The Hall–Kier alpha value is -2.93. The molecule has 0 unspecified atom stereocenters. The normalized spacial score (nSPS) is 12.5. The zero-order valence-corrected chi connectivity index (χ0v) is 22.7. The Labute approximate surface area is 226 Å². The van der Waals surface area contributed by atoms with E-state index in [9.17, 15) is 14.2 Å². The highest BCUT2D eigenvalue weighted by molar-refractivity contribution is 7.50. The second-order valence-corrected chi connectivity index (χ2v) is 10.6. The molecule has 0 radical (unpaired) electrons. The lowest BCUT2D eigenvalue weighted by Crippen LogP contribution is -2.38. The number of nitrogens with one attached hydrogen (secondary N) is 2. The molecule has 0 aliphatic heterocycles. The molecule has 8 heteroatoms. The van der Waals surface area contributed by atoms with Gasteiger partial charge in [-0.05, 0) is 56.6 Å². The van der Waals surface area contributed by atoms with Gasteiger partial charge in [-0.3, -0.25) is 14.2 Å². The number of rotatable bonds is 11. The van der Waals surface area contributed by atoms with E-state index >= 15 is 0 Å². The third kappa shape index (κ3) is 10.8. The molecule has 3 rings (SSSR count). The number of Topliss-reactive ketones (excluding diaryl/α,β-unsaturated/α-hetero) is 2. The molecule has 0 heterocycles. The monoisotopic (exact) mass is 540 g/mol. The summed E-state index contributed by atoms with van der Waals surface area (Å²) in [5.41, 5.74) is 3.86. The van der Waals surface area contributed by atoms with Crippen molar-refractivity contribution < 1.29 is 23.9 Å². The first-order chi connectivity index (χ1) is 17.6. The minimum absolute atomic E-state index is 0. The Kier molecular flexibility index (Phi) is 14.0. The lowest BCUT2D eigenvalue weighted by Gasteiger charge is -2.26. The molecule has 3 aromatic carbocycles. The molecule has 0 aliphatic carbocycles. The number of ketones is 2. The fraction of sp³-hybridized carbons (Fsp3) is 0.333. The predicted molar refractivity (Wildman–Crippen MR) is 154 cm³/mol. The topological polar surface area (TPSA) is 116 Å². The number of hydrogen-bond donors (Lipinski definition) is 4. The summed E-state index contributed by atoms with van der Waals surface area (Å²) < 4.78 is 10.8. The average molecular weight is 541 g/mol. The molecule has 0 aliphatic rings. The minimum Gasteiger partial charge on any atom is -0.324 e. The standard InChI is InChI=1S/C17H19NO.C12H18NO4P.CH4/c1-13(19)17(18-2)16(14-9-5-3-6-10-14)15-11-7-4-8-12-15;1-9(14)12(13-2)7-10-3-5-11(6-4-10)8-18(15,16)17;/h3-12,16-18H,1-2H3;3-6,12-13H,7-8H2,1-2H3,(H2,15,16,17);1H4/t17-;12-;/m10./s1. The molecule has 0 spiro atoms. The molecule has 3 aromatic rings. The fourth-order valence-electron chi connectivity index (χ4n) is 4.21. The molecule has 0 amide bonds. The van der Waals surface area contributed by atoms with E-state index in [0.717, 1.165) is 16.7 Å². The van der Waals surface area contributed by atoms with Crippen molar-refractivity contribution in [3.8, 4) is 0 Å². The van der Waals surface area contributed by atoms with Crippen molar-refractivity contribution in [1.82, 2.24) is 10.6 Å². The first kappa shape index (κ1) is 33.1. The van der Waals surface area contributed by atoms with Gasteiger partial charge in [-0.15, -0.1) is 0 Å². The van der Waals surface area contributed by atoms with E-state index in [2.05, 4.69) is 34.9 Å². The van der Waals surface area contributed by atoms with E-state index in [-0.39, 0.29) is 43.2 Å². The van der Waals surface area contributed by atoms with Crippen LogP contribution in [0.3, 0.4) is 0 Å². The maximum absolute atomic E-state index is 11.9. The number of benzene rings is 3. The van der Waals surface area contributed by atoms with Crippen LogP contribution in [0.4, 0.5) is 0 Å². The van der Waals surface area contributed by atoms with Gasteiger partial charge >= 0.3 is 7.60 Å². The third-order valence-corrected chi connectivity index (χ3v) is 6.87. The highest BCUT2D eigenvalue weighted by atomic mass is 31.2. The minimum atomic E-state index is -4.02. The SMILES string of the molecule is C.CN[C@@H](Cc1ccc(CP(=O)(O)O)cc1)C(C)=O.CN[C@H](C(C)=O)C(c1ccccc1)c1ccccc1. The molecular formula is C30H41N2O5P. The van der Waals surface area contributed by atoms with Gasteiger partial charge in [0.1, 0.15) is 11.6 Å². The molecular weight excluding hydrogens is 499 g/mol. The third-order valence-electron chi connectivity index (χ3n) is 6.09. The smallest absolute Gasteiger partial charge is 0.324 e. The Morgan fingerprint density at radius 1 is 0.737 bits per heavy atom. The number of likely N-dealkylation sites (N-methyl/N-ethyl adjacent to an activating group) is 2. The lowest BCUT2D eigenvalue weighted by molar-refractivity contribution is -0.119. The van der Waals surface area contributed by atoms with Gasteiger partial charge in [-0.1, -0.05) is 92.4 Å². The van der Waals surface area contributed by atoms with Gasteiger partial charge in [0.05, 0.1) is 18.2 Å². The summed E-state index contributed by atoms with van der Waals surface area (Å²) in [5.74, 6) is 0.266. The molecule has 0 saturated heterocycles. The number of carbonyl (C=O) groups excluding carboxylic acids is 2. The molecule has 4 N–H and O–H groups in total. The maximum Gasteiger partial charge on any atom is 0.329 e. The summed E-state index contributed by atoms with van der Waals surface area (Å²) in [5, 5.41) is 6.08. The van der Waals surface area contributed by atoms with Crippen LogP contribution in [-0.4, -0.2) is 47.5 Å². The molecule has 206 valence electrons. The molecule has 2 atom stereocenters. The van der Waals surface area contributed by atoms with Crippen molar-refractivity contribution in [1.29, 1.82) is 0 Å². The van der Waals surface area contributed by atoms with Crippen molar-refractivity contribution in [3.63, 3.8) is 0 Å². The van der Waals surface area contributed by atoms with E-state index in [1.807, 2.05) is 43.4 Å². The Bertz CT molecular complexity index is 1120.